The van der Waals surface area contributed by atoms with E-state index in [-0.39, 0.29) is 5.41 Å². The van der Waals surface area contributed by atoms with Gasteiger partial charge in [0.15, 0.2) is 0 Å². The van der Waals surface area contributed by atoms with Gasteiger partial charge >= 0.3 is 0 Å². The molecule has 1 saturated carbocycles. The summed E-state index contributed by atoms with van der Waals surface area (Å²) in [5.74, 6) is 2.08. The largest absolute Gasteiger partial charge is 0.380 e. The molecule has 2 bridgehead atoms. The summed E-state index contributed by atoms with van der Waals surface area (Å²) in [6.07, 6.45) is 7.62. The Morgan fingerprint density at radius 3 is 2.67 bits per heavy atom. The monoisotopic (exact) mass is 206 g/mol. The zero-order valence-electron chi connectivity index (χ0n) is 9.24. The Hall–Kier alpha value is -0.630. The van der Waals surface area contributed by atoms with E-state index in [4.69, 9.17) is 4.74 Å². The van der Waals surface area contributed by atoms with Crippen molar-refractivity contribution in [3.63, 3.8) is 0 Å². The molecule has 0 aromatic rings. The molecule has 1 heterocycles. The van der Waals surface area contributed by atoms with Crippen molar-refractivity contribution in [1.82, 2.24) is 0 Å². The van der Waals surface area contributed by atoms with Gasteiger partial charge in [0.1, 0.15) is 5.78 Å². The van der Waals surface area contributed by atoms with Crippen LogP contribution in [0.1, 0.15) is 26.2 Å². The minimum absolute atomic E-state index is 0.155. The standard InChI is InChI=1S/C13H18O2/c1-13(7-15-8-13)6-12(14)11-5-9-2-3-10(11)4-9/h2-3,9-11H,4-8H2,1H3. The van der Waals surface area contributed by atoms with Gasteiger partial charge in [-0.1, -0.05) is 19.1 Å². The maximum absolute atomic E-state index is 12.2. The third-order valence-electron chi connectivity index (χ3n) is 4.19. The number of ketones is 1. The molecule has 0 spiro atoms. The zero-order valence-corrected chi connectivity index (χ0v) is 9.24. The van der Waals surface area contributed by atoms with Gasteiger partial charge in [0.25, 0.3) is 0 Å². The molecule has 2 aliphatic carbocycles. The number of carbonyl (C=O) groups excluding carboxylic acids is 1. The second-order valence-corrected chi connectivity index (χ2v) is 5.83. The predicted octanol–water partition coefficient (Wildman–Crippen LogP) is 2.19. The van der Waals surface area contributed by atoms with Gasteiger partial charge in [-0.2, -0.15) is 0 Å². The van der Waals surface area contributed by atoms with Crippen LogP contribution in [0.2, 0.25) is 0 Å². The first kappa shape index (κ1) is 9.59. The van der Waals surface area contributed by atoms with E-state index >= 15 is 0 Å². The summed E-state index contributed by atoms with van der Waals surface area (Å²) in [6.45, 7) is 3.71. The Balaban J connectivity index is 1.63. The predicted molar refractivity (Wildman–Crippen MR) is 57.4 cm³/mol. The van der Waals surface area contributed by atoms with Crippen LogP contribution in [0.25, 0.3) is 0 Å². The molecule has 2 heteroatoms. The molecule has 3 atom stereocenters. The van der Waals surface area contributed by atoms with E-state index in [0.29, 0.717) is 23.5 Å². The van der Waals surface area contributed by atoms with Crippen LogP contribution in [0.15, 0.2) is 12.2 Å². The Bertz CT molecular complexity index is 314. The van der Waals surface area contributed by atoms with Gasteiger partial charge in [-0.15, -0.1) is 0 Å². The number of hydrogen-bond donors (Lipinski definition) is 0. The van der Waals surface area contributed by atoms with Crippen molar-refractivity contribution in [2.75, 3.05) is 13.2 Å². The number of carbonyl (C=O) groups is 1. The molecule has 3 unspecified atom stereocenters. The number of ether oxygens (including phenoxy) is 1. The van der Waals surface area contributed by atoms with Crippen LogP contribution < -0.4 is 0 Å². The van der Waals surface area contributed by atoms with Crippen LogP contribution in [0.4, 0.5) is 0 Å². The quantitative estimate of drug-likeness (QED) is 0.662. The van der Waals surface area contributed by atoms with Crippen molar-refractivity contribution >= 4 is 5.78 Å². The molecule has 15 heavy (non-hydrogen) atoms. The second kappa shape index (κ2) is 3.18. The van der Waals surface area contributed by atoms with Crippen molar-refractivity contribution in [3.8, 4) is 0 Å². The molecule has 3 aliphatic rings. The van der Waals surface area contributed by atoms with E-state index in [2.05, 4.69) is 19.1 Å². The lowest BCUT2D eigenvalue weighted by atomic mass is 9.77. The average Bonchev–Trinajstić information content (AvgIpc) is 2.75. The fourth-order valence-corrected chi connectivity index (χ4v) is 3.26. The first-order valence-electron chi connectivity index (χ1n) is 5.95. The van der Waals surface area contributed by atoms with E-state index in [1.807, 2.05) is 0 Å². The van der Waals surface area contributed by atoms with Crippen molar-refractivity contribution in [3.05, 3.63) is 12.2 Å². The lowest BCUT2D eigenvalue weighted by molar-refractivity contribution is -0.140. The van der Waals surface area contributed by atoms with E-state index in [9.17, 15) is 4.79 Å². The maximum Gasteiger partial charge on any atom is 0.137 e. The molecule has 3 rings (SSSR count). The van der Waals surface area contributed by atoms with Crippen LogP contribution in [-0.4, -0.2) is 19.0 Å². The van der Waals surface area contributed by atoms with Gasteiger partial charge < -0.3 is 4.74 Å². The fraction of sp³-hybridized carbons (Fsp3) is 0.769. The van der Waals surface area contributed by atoms with Crippen LogP contribution in [-0.2, 0) is 9.53 Å². The van der Waals surface area contributed by atoms with Crippen LogP contribution in [0.5, 0.6) is 0 Å². The van der Waals surface area contributed by atoms with E-state index in [1.54, 1.807) is 0 Å². The molecule has 1 aliphatic heterocycles. The van der Waals surface area contributed by atoms with E-state index in [1.165, 1.54) is 6.42 Å². The first-order chi connectivity index (χ1) is 7.16. The van der Waals surface area contributed by atoms with Crippen LogP contribution >= 0.6 is 0 Å². The Morgan fingerprint density at radius 2 is 2.20 bits per heavy atom. The molecule has 0 aromatic carbocycles. The van der Waals surface area contributed by atoms with Gasteiger partial charge in [-0.3, -0.25) is 4.79 Å². The number of rotatable bonds is 3. The van der Waals surface area contributed by atoms with Gasteiger partial charge in [0.05, 0.1) is 13.2 Å². The Morgan fingerprint density at radius 1 is 1.40 bits per heavy atom. The van der Waals surface area contributed by atoms with Gasteiger partial charge in [-0.05, 0) is 24.7 Å². The number of fused-ring (bicyclic) bond motifs is 2. The molecular formula is C13H18O2. The summed E-state index contributed by atoms with van der Waals surface area (Å²) in [7, 11) is 0. The summed E-state index contributed by atoms with van der Waals surface area (Å²) >= 11 is 0. The van der Waals surface area contributed by atoms with Gasteiger partial charge in [-0.25, -0.2) is 0 Å². The molecule has 0 radical (unpaired) electrons. The molecule has 2 nitrogen and oxygen atoms in total. The highest BCUT2D eigenvalue weighted by atomic mass is 16.5. The van der Waals surface area contributed by atoms with Crippen LogP contribution in [0.3, 0.4) is 0 Å². The van der Waals surface area contributed by atoms with E-state index in [0.717, 1.165) is 26.1 Å². The summed E-state index contributed by atoms with van der Waals surface area (Å²) in [6, 6.07) is 0. The summed E-state index contributed by atoms with van der Waals surface area (Å²) in [4.78, 5) is 12.2. The van der Waals surface area contributed by atoms with E-state index < -0.39 is 0 Å². The number of hydrogen-bond acceptors (Lipinski definition) is 2. The molecule has 2 fully saturated rings. The third kappa shape index (κ3) is 1.55. The smallest absolute Gasteiger partial charge is 0.137 e. The SMILES string of the molecule is CC1(CC(=O)C2CC3C=CC2C3)COC1. The zero-order chi connectivity index (χ0) is 10.5. The molecule has 0 aromatic heterocycles. The Labute approximate surface area is 90.7 Å². The number of Topliss-reactive ketones (excluding diaryl/α,β-unsaturated/α-hetero) is 1. The third-order valence-corrected chi connectivity index (χ3v) is 4.19. The second-order valence-electron chi connectivity index (χ2n) is 5.83. The first-order valence-corrected chi connectivity index (χ1v) is 5.95. The topological polar surface area (TPSA) is 26.3 Å². The molecule has 0 N–H and O–H groups in total. The normalized spacial score (nSPS) is 40.5. The highest BCUT2D eigenvalue weighted by molar-refractivity contribution is 5.83. The summed E-state index contributed by atoms with van der Waals surface area (Å²) < 4.78 is 5.20. The summed E-state index contributed by atoms with van der Waals surface area (Å²) in [5, 5.41) is 0. The molecule has 1 saturated heterocycles. The highest BCUT2D eigenvalue weighted by Gasteiger charge is 2.43. The Kier molecular flexibility index (Phi) is 2.03. The van der Waals surface area contributed by atoms with Crippen molar-refractivity contribution in [2.24, 2.45) is 23.2 Å². The van der Waals surface area contributed by atoms with Crippen LogP contribution in [0, 0.1) is 23.2 Å². The lowest BCUT2D eigenvalue weighted by Gasteiger charge is -2.38. The van der Waals surface area contributed by atoms with Gasteiger partial charge in [0.2, 0.25) is 0 Å². The average molecular weight is 206 g/mol. The lowest BCUT2D eigenvalue weighted by Crippen LogP contribution is -2.42. The highest BCUT2D eigenvalue weighted by Crippen LogP contribution is 2.45. The van der Waals surface area contributed by atoms with Crippen molar-refractivity contribution in [2.45, 2.75) is 26.2 Å². The molecule has 0 amide bonds. The maximum atomic E-state index is 12.2. The minimum Gasteiger partial charge on any atom is -0.380 e. The number of allylic oxidation sites excluding steroid dienone is 2. The molecule has 82 valence electrons. The van der Waals surface area contributed by atoms with Gasteiger partial charge in [0, 0.05) is 17.8 Å². The van der Waals surface area contributed by atoms with Crippen molar-refractivity contribution < 1.29 is 9.53 Å². The fourth-order valence-electron chi connectivity index (χ4n) is 3.26. The molecular weight excluding hydrogens is 188 g/mol. The minimum atomic E-state index is 0.155. The summed E-state index contributed by atoms with van der Waals surface area (Å²) in [5.41, 5.74) is 0.155. The van der Waals surface area contributed by atoms with Crippen molar-refractivity contribution in [1.29, 1.82) is 0 Å².